The summed E-state index contributed by atoms with van der Waals surface area (Å²) in [4.78, 5) is 16.1. The van der Waals surface area contributed by atoms with Gasteiger partial charge >= 0.3 is 0 Å². The molecular weight excluding hydrogens is 256 g/mol. The Kier molecular flexibility index (Phi) is 5.44. The number of carbonyl (C=O) groups is 1. The Morgan fingerprint density at radius 1 is 1.21 bits per heavy atom. The van der Waals surface area contributed by atoms with Crippen molar-refractivity contribution in [1.29, 1.82) is 0 Å². The minimum absolute atomic E-state index is 0.160. The third-order valence-electron chi connectivity index (χ3n) is 3.27. The molecule has 1 fully saturated rings. The lowest BCUT2D eigenvalue weighted by Gasteiger charge is -2.24. The molecule has 2 rings (SSSR count). The van der Waals surface area contributed by atoms with Gasteiger partial charge in [-0.1, -0.05) is 31.1 Å². The fraction of sp³-hybridized carbons (Fsp3) is 0.533. The maximum atomic E-state index is 12.4. The molecule has 1 amide bonds. The zero-order valence-electron chi connectivity index (χ0n) is 11.2. The molecule has 0 spiro atoms. The highest BCUT2D eigenvalue weighted by Gasteiger charge is 2.18. The van der Waals surface area contributed by atoms with Gasteiger partial charge in [-0.25, -0.2) is 0 Å². The maximum absolute atomic E-state index is 12.4. The van der Waals surface area contributed by atoms with Gasteiger partial charge in [-0.2, -0.15) is 0 Å². The number of hydrogen-bond donors (Lipinski definition) is 1. The van der Waals surface area contributed by atoms with E-state index in [0.717, 1.165) is 35.7 Å². The van der Waals surface area contributed by atoms with Crippen LogP contribution in [0, 0.1) is 11.8 Å². The SMILES string of the molecule is NCC#Cc1ccc(C(=O)N2CCCCCCC2)s1. The Bertz CT molecular complexity index is 476. The molecule has 0 aliphatic carbocycles. The van der Waals surface area contributed by atoms with Crippen molar-refractivity contribution in [3.63, 3.8) is 0 Å². The van der Waals surface area contributed by atoms with Crippen LogP contribution in [-0.4, -0.2) is 30.4 Å². The number of thiophene rings is 1. The predicted octanol–water partition coefficient (Wildman–Crippen LogP) is 2.46. The van der Waals surface area contributed by atoms with E-state index in [4.69, 9.17) is 5.73 Å². The summed E-state index contributed by atoms with van der Waals surface area (Å²) in [6.45, 7) is 2.13. The summed E-state index contributed by atoms with van der Waals surface area (Å²) in [5, 5.41) is 0. The lowest BCUT2D eigenvalue weighted by atomic mass is 10.1. The molecule has 4 heteroatoms. The number of amides is 1. The van der Waals surface area contributed by atoms with Gasteiger partial charge in [0.2, 0.25) is 0 Å². The number of rotatable bonds is 1. The minimum Gasteiger partial charge on any atom is -0.338 e. The minimum atomic E-state index is 0.160. The average molecular weight is 276 g/mol. The van der Waals surface area contributed by atoms with Gasteiger partial charge in [0.1, 0.15) is 0 Å². The van der Waals surface area contributed by atoms with E-state index in [9.17, 15) is 4.79 Å². The van der Waals surface area contributed by atoms with Crippen molar-refractivity contribution >= 4 is 17.2 Å². The third kappa shape index (κ3) is 4.09. The number of nitrogens with zero attached hydrogens (tertiary/aromatic N) is 1. The zero-order chi connectivity index (χ0) is 13.5. The fourth-order valence-corrected chi connectivity index (χ4v) is 3.11. The molecule has 1 aliphatic rings. The maximum Gasteiger partial charge on any atom is 0.263 e. The van der Waals surface area contributed by atoms with Gasteiger partial charge in [0.05, 0.1) is 16.3 Å². The van der Waals surface area contributed by atoms with E-state index in [-0.39, 0.29) is 5.91 Å². The van der Waals surface area contributed by atoms with Crippen molar-refractivity contribution < 1.29 is 4.79 Å². The van der Waals surface area contributed by atoms with E-state index in [1.54, 1.807) is 0 Å². The van der Waals surface area contributed by atoms with Crippen LogP contribution in [0.25, 0.3) is 0 Å². The monoisotopic (exact) mass is 276 g/mol. The first-order chi connectivity index (χ1) is 9.31. The number of nitrogens with two attached hydrogens (primary N) is 1. The van der Waals surface area contributed by atoms with Crippen LogP contribution in [0.2, 0.25) is 0 Å². The highest BCUT2D eigenvalue weighted by Crippen LogP contribution is 2.19. The van der Waals surface area contributed by atoms with E-state index in [1.165, 1.54) is 30.6 Å². The second kappa shape index (κ2) is 7.32. The van der Waals surface area contributed by atoms with Gasteiger partial charge < -0.3 is 10.6 Å². The molecule has 0 saturated carbocycles. The smallest absolute Gasteiger partial charge is 0.263 e. The van der Waals surface area contributed by atoms with E-state index < -0.39 is 0 Å². The largest absolute Gasteiger partial charge is 0.338 e. The first kappa shape index (κ1) is 14.1. The van der Waals surface area contributed by atoms with Crippen LogP contribution in [0.3, 0.4) is 0 Å². The molecule has 1 aromatic rings. The summed E-state index contributed by atoms with van der Waals surface area (Å²) in [5.74, 6) is 5.96. The number of likely N-dealkylation sites (tertiary alicyclic amines) is 1. The van der Waals surface area contributed by atoms with Crippen LogP contribution in [-0.2, 0) is 0 Å². The Morgan fingerprint density at radius 3 is 2.58 bits per heavy atom. The molecule has 1 aliphatic heterocycles. The molecule has 19 heavy (non-hydrogen) atoms. The zero-order valence-corrected chi connectivity index (χ0v) is 12.0. The lowest BCUT2D eigenvalue weighted by Crippen LogP contribution is -2.33. The first-order valence-electron chi connectivity index (χ1n) is 6.89. The first-order valence-corrected chi connectivity index (χ1v) is 7.71. The fourth-order valence-electron chi connectivity index (χ4n) is 2.26. The van der Waals surface area contributed by atoms with Crippen LogP contribution < -0.4 is 5.73 Å². The standard InChI is InChI=1S/C15H20N2OS/c16-10-6-7-13-8-9-14(19-13)15(18)17-11-4-2-1-3-5-12-17/h8-9H,1-5,10-12,16H2. The third-order valence-corrected chi connectivity index (χ3v) is 4.26. The summed E-state index contributed by atoms with van der Waals surface area (Å²) in [5.41, 5.74) is 5.35. The van der Waals surface area contributed by atoms with Crippen molar-refractivity contribution in [2.75, 3.05) is 19.6 Å². The van der Waals surface area contributed by atoms with Crippen molar-refractivity contribution in [1.82, 2.24) is 4.90 Å². The highest BCUT2D eigenvalue weighted by atomic mass is 32.1. The van der Waals surface area contributed by atoms with Crippen molar-refractivity contribution in [2.24, 2.45) is 5.73 Å². The van der Waals surface area contributed by atoms with E-state index in [2.05, 4.69) is 11.8 Å². The van der Waals surface area contributed by atoms with Gasteiger partial charge in [0.15, 0.2) is 0 Å². The summed E-state index contributed by atoms with van der Waals surface area (Å²) >= 11 is 1.47. The Labute approximate surface area is 118 Å². The summed E-state index contributed by atoms with van der Waals surface area (Å²) in [6, 6.07) is 3.79. The van der Waals surface area contributed by atoms with Crippen LogP contribution in [0.15, 0.2) is 12.1 Å². The van der Waals surface area contributed by atoms with Gasteiger partial charge in [0, 0.05) is 13.1 Å². The van der Waals surface area contributed by atoms with E-state index in [0.29, 0.717) is 6.54 Å². The number of hydrogen-bond acceptors (Lipinski definition) is 3. The average Bonchev–Trinajstić information content (AvgIpc) is 2.84. The van der Waals surface area contributed by atoms with Crippen LogP contribution in [0.1, 0.15) is 46.7 Å². The summed E-state index contributed by atoms with van der Waals surface area (Å²) in [7, 11) is 0. The topological polar surface area (TPSA) is 46.3 Å². The van der Waals surface area contributed by atoms with Gasteiger partial charge in [-0.15, -0.1) is 11.3 Å². The Balaban J connectivity index is 2.03. The van der Waals surface area contributed by atoms with Crippen molar-refractivity contribution in [2.45, 2.75) is 32.1 Å². The molecule has 0 unspecified atom stereocenters. The second-order valence-electron chi connectivity index (χ2n) is 4.73. The summed E-state index contributed by atoms with van der Waals surface area (Å²) < 4.78 is 0. The molecule has 3 nitrogen and oxygen atoms in total. The quantitative estimate of drug-likeness (QED) is 0.801. The lowest BCUT2D eigenvalue weighted by molar-refractivity contribution is 0.0747. The normalized spacial score (nSPS) is 16.2. The van der Waals surface area contributed by atoms with Gasteiger partial charge in [-0.05, 0) is 25.0 Å². The van der Waals surface area contributed by atoms with Crippen molar-refractivity contribution in [3.05, 3.63) is 21.9 Å². The van der Waals surface area contributed by atoms with E-state index in [1.807, 2.05) is 17.0 Å². The van der Waals surface area contributed by atoms with Crippen LogP contribution in [0.5, 0.6) is 0 Å². The Morgan fingerprint density at radius 2 is 1.89 bits per heavy atom. The highest BCUT2D eigenvalue weighted by molar-refractivity contribution is 7.14. The van der Waals surface area contributed by atoms with Gasteiger partial charge in [-0.3, -0.25) is 4.79 Å². The molecule has 0 bridgehead atoms. The Hall–Kier alpha value is -1.31. The molecule has 0 atom stereocenters. The van der Waals surface area contributed by atoms with Gasteiger partial charge in [0.25, 0.3) is 5.91 Å². The van der Waals surface area contributed by atoms with Crippen LogP contribution >= 0.6 is 11.3 Å². The van der Waals surface area contributed by atoms with Crippen molar-refractivity contribution in [3.8, 4) is 11.8 Å². The molecule has 1 saturated heterocycles. The molecule has 2 N–H and O–H groups in total. The molecule has 2 heterocycles. The molecule has 102 valence electrons. The molecule has 1 aromatic heterocycles. The summed E-state index contributed by atoms with van der Waals surface area (Å²) in [6.07, 6.45) is 6.02. The molecule has 0 aromatic carbocycles. The number of carbonyl (C=O) groups excluding carboxylic acids is 1. The van der Waals surface area contributed by atoms with E-state index >= 15 is 0 Å². The predicted molar refractivity (Wildman–Crippen MR) is 79.2 cm³/mol. The van der Waals surface area contributed by atoms with Crippen LogP contribution in [0.4, 0.5) is 0 Å². The molecular formula is C15H20N2OS. The second-order valence-corrected chi connectivity index (χ2v) is 5.81. The molecule has 0 radical (unpaired) electrons.